The van der Waals surface area contributed by atoms with Gasteiger partial charge in [-0.25, -0.2) is 0 Å². The Labute approximate surface area is 91.4 Å². The van der Waals surface area contributed by atoms with Crippen LogP contribution in [0.3, 0.4) is 0 Å². The van der Waals surface area contributed by atoms with E-state index < -0.39 is 5.97 Å². The average Bonchev–Trinajstić information content (AvgIpc) is 2.37. The zero-order valence-electron chi connectivity index (χ0n) is 9.47. The molecule has 0 radical (unpaired) electrons. The van der Waals surface area contributed by atoms with Crippen LogP contribution in [0, 0.1) is 27.6 Å². The Bertz CT molecular complexity index is 115. The molecule has 0 aliphatic rings. The van der Waals surface area contributed by atoms with Crippen molar-refractivity contribution < 1.29 is 9.90 Å². The maximum atomic E-state index is 9.93. The van der Waals surface area contributed by atoms with Gasteiger partial charge < -0.3 is 26.7 Å². The van der Waals surface area contributed by atoms with Crippen molar-refractivity contribution in [2.75, 3.05) is 0 Å². The van der Waals surface area contributed by atoms with Crippen molar-refractivity contribution in [2.45, 2.75) is 20.3 Å². The average molecular weight is 218 g/mol. The summed E-state index contributed by atoms with van der Waals surface area (Å²) in [6.07, 6.45) is 0.718. The number of carboxylic acids is 1. The van der Waals surface area contributed by atoms with Gasteiger partial charge in [0, 0.05) is 0 Å². The number of rotatable bonds is 2. The molecule has 5 N–H and O–H groups in total. The lowest BCUT2D eigenvalue weighted by molar-refractivity contribution is -0.141. The first-order valence-corrected chi connectivity index (χ1v) is 3.82. The molecule has 6 nitrogen and oxygen atoms in total. The predicted octanol–water partition coefficient (Wildman–Crippen LogP) is 2.18. The molecule has 0 aromatic heterocycles. The molecule has 0 aromatic rings. The van der Waals surface area contributed by atoms with Crippen LogP contribution in [0.4, 0.5) is 0 Å². The fraction of sp³-hybridized carbons (Fsp3) is 0.444. The van der Waals surface area contributed by atoms with E-state index >= 15 is 0 Å². The molecule has 0 saturated carbocycles. The normalized spacial score (nSPS) is 7.33. The van der Waals surface area contributed by atoms with Gasteiger partial charge in [0.1, 0.15) is 0 Å². The van der Waals surface area contributed by atoms with Crippen molar-refractivity contribution in [3.8, 4) is 0 Å². The van der Waals surface area contributed by atoms with Gasteiger partial charge in [0.2, 0.25) is 0 Å². The minimum Gasteiger partial charge on any atom is -0.481 e. The summed E-state index contributed by atoms with van der Waals surface area (Å²) in [5.74, 6) is -0.887. The molecule has 1 atom stereocenters. The Morgan fingerprint density at radius 1 is 1.07 bits per heavy atom. The lowest BCUT2D eigenvalue weighted by Crippen LogP contribution is -2.06. The van der Waals surface area contributed by atoms with Gasteiger partial charge in [-0.05, 0) is 33.3 Å². The molecule has 0 saturated heterocycles. The second-order valence-corrected chi connectivity index (χ2v) is 1.65. The van der Waals surface area contributed by atoms with Crippen LogP contribution in [-0.4, -0.2) is 37.9 Å². The highest BCUT2D eigenvalue weighted by atomic mass is 16.4. The zero-order chi connectivity index (χ0) is 13.9. The van der Waals surface area contributed by atoms with E-state index in [-0.39, 0.29) is 5.92 Å². The maximum absolute atomic E-state index is 9.93. The van der Waals surface area contributed by atoms with Gasteiger partial charge in [-0.15, -0.1) is 0 Å². The Kier molecular flexibility index (Phi) is 111. The molecule has 0 fully saturated rings. The van der Waals surface area contributed by atoms with Crippen molar-refractivity contribution in [1.82, 2.24) is 0 Å². The topological polar surface area (TPSA) is 133 Å². The summed E-state index contributed by atoms with van der Waals surface area (Å²) >= 11 is 0. The first-order valence-electron chi connectivity index (χ1n) is 3.82. The molecule has 1 unspecified atom stereocenters. The number of carboxylic acid groups (broad SMARTS) is 1. The van der Waals surface area contributed by atoms with E-state index in [9.17, 15) is 4.79 Å². The van der Waals surface area contributed by atoms with E-state index in [0.717, 1.165) is 6.42 Å². The highest BCUT2D eigenvalue weighted by molar-refractivity contribution is 5.69. The van der Waals surface area contributed by atoms with E-state index in [2.05, 4.69) is 26.9 Å². The Morgan fingerprint density at radius 2 is 1.27 bits per heavy atom. The Hall–Kier alpha value is -1.85. The number of carbonyl (C=O) groups is 1. The van der Waals surface area contributed by atoms with Gasteiger partial charge in [-0.3, -0.25) is 4.79 Å². The number of nitrogens with one attached hydrogen (secondary N) is 4. The molecule has 0 aromatic carbocycles. The summed E-state index contributed by atoms with van der Waals surface area (Å²) in [6, 6.07) is 0. The first-order chi connectivity index (χ1) is 7.18. The van der Waals surface area contributed by atoms with Gasteiger partial charge in [0.25, 0.3) is 0 Å². The highest BCUT2D eigenvalue weighted by Crippen LogP contribution is 1.97. The van der Waals surface area contributed by atoms with Crippen molar-refractivity contribution in [3.63, 3.8) is 0 Å². The van der Waals surface area contributed by atoms with Crippen molar-refractivity contribution in [3.05, 3.63) is 0 Å². The number of hydrogen-bond donors (Lipinski definition) is 5. The lowest BCUT2D eigenvalue weighted by atomic mass is 10.1. The van der Waals surface area contributed by atoms with E-state index in [1.807, 2.05) is 6.92 Å². The van der Waals surface area contributed by atoms with Crippen LogP contribution in [0.25, 0.3) is 0 Å². The van der Waals surface area contributed by atoms with Crippen molar-refractivity contribution in [2.24, 2.45) is 5.92 Å². The van der Waals surface area contributed by atoms with Gasteiger partial charge in [0.15, 0.2) is 0 Å². The van der Waals surface area contributed by atoms with Gasteiger partial charge >= 0.3 is 5.97 Å². The zero-order valence-corrected chi connectivity index (χ0v) is 9.47. The Morgan fingerprint density at radius 3 is 1.27 bits per heavy atom. The quantitative estimate of drug-likeness (QED) is 0.454. The van der Waals surface area contributed by atoms with Crippen LogP contribution >= 0.6 is 0 Å². The first kappa shape index (κ1) is 29.2. The number of aliphatic carboxylic acids is 1. The molecule has 6 heteroatoms. The van der Waals surface area contributed by atoms with Crippen molar-refractivity contribution >= 4 is 32.8 Å². The molecule has 90 valence electrons. The molecule has 0 amide bonds. The third-order valence-corrected chi connectivity index (χ3v) is 1.03. The van der Waals surface area contributed by atoms with Crippen LogP contribution in [0.2, 0.25) is 0 Å². The van der Waals surface area contributed by atoms with Gasteiger partial charge in [-0.2, -0.15) is 0 Å². The van der Waals surface area contributed by atoms with Crippen LogP contribution in [0.1, 0.15) is 20.3 Å². The highest BCUT2D eigenvalue weighted by Gasteiger charge is 2.05. The molecule has 15 heavy (non-hydrogen) atoms. The third kappa shape index (κ3) is 72.7. The molecule has 0 aliphatic heterocycles. The summed E-state index contributed by atoms with van der Waals surface area (Å²) in [7, 11) is 0. The van der Waals surface area contributed by atoms with E-state index in [4.69, 9.17) is 26.7 Å². The second-order valence-electron chi connectivity index (χ2n) is 1.65. The molecular formula is C9H22N4O2. The van der Waals surface area contributed by atoms with Gasteiger partial charge in [-0.1, -0.05) is 13.8 Å². The second kappa shape index (κ2) is 57.0. The monoisotopic (exact) mass is 218 g/mol. The summed E-state index contributed by atoms with van der Waals surface area (Å²) in [6.45, 7) is 13.6. The molecule has 0 bridgehead atoms. The van der Waals surface area contributed by atoms with Crippen LogP contribution < -0.4 is 0 Å². The molecular weight excluding hydrogens is 196 g/mol. The largest absolute Gasteiger partial charge is 0.481 e. The standard InChI is InChI=1S/C5H10O2.4CH3N/c1-3-4(2)5(6)7;4*1-2/h4H,3H2,1-2H3,(H,6,7);4*2H,1H2. The lowest BCUT2D eigenvalue weighted by Gasteiger charge is -1.96. The minimum atomic E-state index is -0.706. The molecule has 0 spiro atoms. The van der Waals surface area contributed by atoms with E-state index in [0.29, 0.717) is 0 Å². The molecule has 0 aliphatic carbocycles. The van der Waals surface area contributed by atoms with E-state index in [1.165, 1.54) is 0 Å². The molecule has 0 heterocycles. The smallest absolute Gasteiger partial charge is 0.306 e. The predicted molar refractivity (Wildman–Crippen MR) is 66.5 cm³/mol. The molecule has 0 rings (SSSR count). The Balaban J connectivity index is -0.0000000353. The summed E-state index contributed by atoms with van der Waals surface area (Å²) < 4.78 is 0. The minimum absolute atomic E-state index is 0.181. The number of hydrogen-bond acceptors (Lipinski definition) is 5. The summed E-state index contributed by atoms with van der Waals surface area (Å²) in [5, 5.41) is 30.2. The fourth-order valence-corrected chi connectivity index (χ4v) is 0.175. The van der Waals surface area contributed by atoms with Crippen LogP contribution in [-0.2, 0) is 4.79 Å². The fourth-order valence-electron chi connectivity index (χ4n) is 0.175. The maximum Gasteiger partial charge on any atom is 0.306 e. The summed E-state index contributed by atoms with van der Waals surface area (Å²) in [5.41, 5.74) is 0. The van der Waals surface area contributed by atoms with Crippen molar-refractivity contribution in [1.29, 1.82) is 21.6 Å². The summed E-state index contributed by atoms with van der Waals surface area (Å²) in [4.78, 5) is 9.93. The SMILES string of the molecule is C=N.C=N.C=N.C=N.CCC(C)C(=O)O. The van der Waals surface area contributed by atoms with Crippen LogP contribution in [0.5, 0.6) is 0 Å². The van der Waals surface area contributed by atoms with E-state index in [1.54, 1.807) is 6.92 Å². The third-order valence-electron chi connectivity index (χ3n) is 1.03. The van der Waals surface area contributed by atoms with Crippen LogP contribution in [0.15, 0.2) is 0 Å². The van der Waals surface area contributed by atoms with Gasteiger partial charge in [0.05, 0.1) is 5.92 Å².